The van der Waals surface area contributed by atoms with E-state index in [0.29, 0.717) is 17.9 Å². The minimum Gasteiger partial charge on any atom is -0.478 e. The molecule has 0 spiro atoms. The summed E-state index contributed by atoms with van der Waals surface area (Å²) in [4.78, 5) is 11.5. The van der Waals surface area contributed by atoms with Crippen LogP contribution in [0.3, 0.4) is 0 Å². The second-order valence-corrected chi connectivity index (χ2v) is 7.83. The summed E-state index contributed by atoms with van der Waals surface area (Å²) in [5, 5.41) is 12.6. The third-order valence-corrected chi connectivity index (χ3v) is 5.51. The zero-order chi connectivity index (χ0) is 20.0. The number of carboxylic acid groups (broad SMARTS) is 1. The van der Waals surface area contributed by atoms with Crippen molar-refractivity contribution in [3.8, 4) is 0 Å². The summed E-state index contributed by atoms with van der Waals surface area (Å²) in [5.74, 6) is -1.20. The monoisotopic (exact) mass is 396 g/mol. The molecule has 3 N–H and O–H groups in total. The number of benzene rings is 3. The Kier molecular flexibility index (Phi) is 5.96. The van der Waals surface area contributed by atoms with Crippen LogP contribution in [-0.4, -0.2) is 26.0 Å². The van der Waals surface area contributed by atoms with E-state index in [1.807, 2.05) is 30.3 Å². The molecule has 3 aromatic carbocycles. The summed E-state index contributed by atoms with van der Waals surface area (Å²) >= 11 is 0. The smallest absolute Gasteiger partial charge is 0.337 e. The van der Waals surface area contributed by atoms with Gasteiger partial charge in [0.2, 0.25) is 0 Å². The van der Waals surface area contributed by atoms with Gasteiger partial charge in [0.25, 0.3) is 10.0 Å². The topological polar surface area (TPSA) is 95.5 Å². The van der Waals surface area contributed by atoms with Gasteiger partial charge in [0, 0.05) is 17.9 Å². The molecule has 0 atom stereocenters. The van der Waals surface area contributed by atoms with E-state index in [1.54, 1.807) is 30.3 Å². The normalized spacial score (nSPS) is 11.0. The van der Waals surface area contributed by atoms with Crippen molar-refractivity contribution < 1.29 is 18.3 Å². The van der Waals surface area contributed by atoms with Crippen LogP contribution in [0, 0.1) is 0 Å². The second-order valence-electron chi connectivity index (χ2n) is 6.15. The number of anilines is 2. The Morgan fingerprint density at radius 2 is 1.54 bits per heavy atom. The molecule has 3 aromatic rings. The van der Waals surface area contributed by atoms with E-state index in [4.69, 9.17) is 0 Å². The van der Waals surface area contributed by atoms with Crippen LogP contribution in [0.5, 0.6) is 0 Å². The van der Waals surface area contributed by atoms with Gasteiger partial charge in [0.15, 0.2) is 0 Å². The Morgan fingerprint density at radius 3 is 2.18 bits per heavy atom. The molecule has 144 valence electrons. The number of carboxylic acids is 1. The molecule has 28 heavy (non-hydrogen) atoms. The summed E-state index contributed by atoms with van der Waals surface area (Å²) in [5.41, 5.74) is 1.81. The minimum atomic E-state index is -3.89. The zero-order valence-electron chi connectivity index (χ0n) is 15.0. The maximum Gasteiger partial charge on any atom is 0.337 e. The first kappa shape index (κ1) is 19.4. The van der Waals surface area contributed by atoms with Crippen molar-refractivity contribution >= 4 is 27.4 Å². The van der Waals surface area contributed by atoms with Crippen molar-refractivity contribution in [2.45, 2.75) is 11.3 Å². The van der Waals surface area contributed by atoms with Crippen molar-refractivity contribution in [3.63, 3.8) is 0 Å². The Balaban J connectivity index is 1.77. The highest BCUT2D eigenvalue weighted by atomic mass is 32.2. The van der Waals surface area contributed by atoms with Gasteiger partial charge in [-0.1, -0.05) is 48.5 Å². The zero-order valence-corrected chi connectivity index (χ0v) is 15.8. The third-order valence-electron chi connectivity index (χ3n) is 4.13. The molecule has 6 nitrogen and oxygen atoms in total. The predicted octanol–water partition coefficient (Wildman–Crippen LogP) is 3.84. The number of aromatic carboxylic acids is 1. The number of rotatable bonds is 8. The van der Waals surface area contributed by atoms with E-state index in [9.17, 15) is 18.3 Å². The van der Waals surface area contributed by atoms with Gasteiger partial charge in [-0.25, -0.2) is 13.2 Å². The Hall–Kier alpha value is -3.32. The van der Waals surface area contributed by atoms with Gasteiger partial charge < -0.3 is 10.4 Å². The minimum absolute atomic E-state index is 0.0935. The molecule has 0 aliphatic carbocycles. The Bertz CT molecular complexity index is 1050. The lowest BCUT2D eigenvalue weighted by molar-refractivity contribution is 0.0697. The fourth-order valence-electron chi connectivity index (χ4n) is 2.73. The lowest BCUT2D eigenvalue weighted by Gasteiger charge is -2.13. The standard InChI is InChI=1S/C21H20N2O4S/c24-21(25)19-15-18(28(26,27)23-17-9-5-2-6-10-17)11-12-20(19)22-14-13-16-7-3-1-4-8-16/h1-12,15,22-23H,13-14H2,(H,24,25). The van der Waals surface area contributed by atoms with E-state index >= 15 is 0 Å². The highest BCUT2D eigenvalue weighted by Gasteiger charge is 2.19. The van der Waals surface area contributed by atoms with Gasteiger partial charge in [0.1, 0.15) is 0 Å². The molecule has 7 heteroatoms. The van der Waals surface area contributed by atoms with Crippen LogP contribution in [-0.2, 0) is 16.4 Å². The molecule has 0 saturated heterocycles. The van der Waals surface area contributed by atoms with Gasteiger partial charge in [-0.3, -0.25) is 4.72 Å². The molecule has 0 aliphatic rings. The number of nitrogens with one attached hydrogen (secondary N) is 2. The molecule has 0 fully saturated rings. The van der Waals surface area contributed by atoms with Crippen LogP contribution in [0.4, 0.5) is 11.4 Å². The molecule has 0 bridgehead atoms. The van der Waals surface area contributed by atoms with Gasteiger partial charge in [-0.15, -0.1) is 0 Å². The lowest BCUT2D eigenvalue weighted by Crippen LogP contribution is -2.15. The third kappa shape index (κ3) is 4.89. The quantitative estimate of drug-likeness (QED) is 0.538. The first-order valence-electron chi connectivity index (χ1n) is 8.69. The summed E-state index contributed by atoms with van der Waals surface area (Å²) in [6, 6.07) is 22.3. The summed E-state index contributed by atoms with van der Waals surface area (Å²) in [6.07, 6.45) is 0.718. The highest BCUT2D eigenvalue weighted by molar-refractivity contribution is 7.92. The van der Waals surface area contributed by atoms with Gasteiger partial charge in [0.05, 0.1) is 10.5 Å². The summed E-state index contributed by atoms with van der Waals surface area (Å²) in [7, 11) is -3.89. The van der Waals surface area contributed by atoms with E-state index in [-0.39, 0.29) is 10.5 Å². The average Bonchev–Trinajstić information content (AvgIpc) is 2.69. The molecule has 0 unspecified atom stereocenters. The average molecular weight is 396 g/mol. The Labute approximate surface area is 163 Å². The van der Waals surface area contributed by atoms with Crippen molar-refractivity contribution in [3.05, 3.63) is 90.0 Å². The van der Waals surface area contributed by atoms with Crippen LogP contribution in [0.25, 0.3) is 0 Å². The van der Waals surface area contributed by atoms with Gasteiger partial charge in [-0.2, -0.15) is 0 Å². The van der Waals surface area contributed by atoms with Crippen molar-refractivity contribution in [1.29, 1.82) is 0 Å². The van der Waals surface area contributed by atoms with Crippen LogP contribution >= 0.6 is 0 Å². The molecule has 0 aliphatic heterocycles. The van der Waals surface area contributed by atoms with E-state index in [0.717, 1.165) is 12.0 Å². The maximum atomic E-state index is 12.6. The van der Waals surface area contributed by atoms with Crippen LogP contribution in [0.2, 0.25) is 0 Å². The fourth-order valence-corrected chi connectivity index (χ4v) is 3.81. The SMILES string of the molecule is O=C(O)c1cc(S(=O)(=O)Nc2ccccc2)ccc1NCCc1ccccc1. The van der Waals surface area contributed by atoms with E-state index in [1.165, 1.54) is 18.2 Å². The van der Waals surface area contributed by atoms with Gasteiger partial charge in [-0.05, 0) is 42.3 Å². The summed E-state index contributed by atoms with van der Waals surface area (Å²) < 4.78 is 27.6. The van der Waals surface area contributed by atoms with Gasteiger partial charge >= 0.3 is 5.97 Å². The first-order chi connectivity index (χ1) is 13.5. The largest absolute Gasteiger partial charge is 0.478 e. The second kappa shape index (κ2) is 8.58. The predicted molar refractivity (Wildman–Crippen MR) is 109 cm³/mol. The van der Waals surface area contributed by atoms with Crippen molar-refractivity contribution in [2.75, 3.05) is 16.6 Å². The fraction of sp³-hybridized carbons (Fsp3) is 0.0952. The van der Waals surface area contributed by atoms with Crippen LogP contribution in [0.1, 0.15) is 15.9 Å². The number of sulfonamides is 1. The molecule has 3 rings (SSSR count). The molecule has 0 amide bonds. The molecular weight excluding hydrogens is 376 g/mol. The first-order valence-corrected chi connectivity index (χ1v) is 10.2. The number of para-hydroxylation sites is 1. The van der Waals surface area contributed by atoms with Crippen molar-refractivity contribution in [2.24, 2.45) is 0 Å². The van der Waals surface area contributed by atoms with E-state index < -0.39 is 16.0 Å². The molecule has 0 saturated carbocycles. The summed E-state index contributed by atoms with van der Waals surface area (Å²) in [6.45, 7) is 0.526. The van der Waals surface area contributed by atoms with Crippen molar-refractivity contribution in [1.82, 2.24) is 0 Å². The molecule has 0 heterocycles. The number of carbonyl (C=O) groups is 1. The number of hydrogen-bond acceptors (Lipinski definition) is 4. The number of hydrogen-bond donors (Lipinski definition) is 3. The molecule has 0 aromatic heterocycles. The van der Waals surface area contributed by atoms with E-state index in [2.05, 4.69) is 10.0 Å². The maximum absolute atomic E-state index is 12.6. The molecule has 0 radical (unpaired) electrons. The van der Waals surface area contributed by atoms with Crippen LogP contribution in [0.15, 0.2) is 83.8 Å². The van der Waals surface area contributed by atoms with Crippen LogP contribution < -0.4 is 10.0 Å². The lowest BCUT2D eigenvalue weighted by atomic mass is 10.1. The highest BCUT2D eigenvalue weighted by Crippen LogP contribution is 2.23. The Morgan fingerprint density at radius 1 is 0.893 bits per heavy atom. The molecular formula is C21H20N2O4S.